The van der Waals surface area contributed by atoms with Gasteiger partial charge in [0.25, 0.3) is 5.91 Å². The third-order valence-electron chi connectivity index (χ3n) is 6.05. The minimum absolute atomic E-state index is 0.305. The number of rotatable bonds is 4. The Hall–Kier alpha value is -3.80. The van der Waals surface area contributed by atoms with E-state index in [1.807, 2.05) is 60.7 Å². The van der Waals surface area contributed by atoms with Crippen molar-refractivity contribution in [2.24, 2.45) is 0 Å². The molecule has 162 valence electrons. The zero-order valence-electron chi connectivity index (χ0n) is 17.4. The molecule has 2 aliphatic heterocycles. The molecule has 0 aliphatic carbocycles. The summed E-state index contributed by atoms with van der Waals surface area (Å²) in [4.78, 5) is 26.3. The highest BCUT2D eigenvalue weighted by Gasteiger charge is 2.45. The Morgan fingerprint density at radius 1 is 0.844 bits per heavy atom. The van der Waals surface area contributed by atoms with Crippen LogP contribution in [0.3, 0.4) is 0 Å². The van der Waals surface area contributed by atoms with Gasteiger partial charge in [-0.15, -0.1) is 0 Å². The highest BCUT2D eigenvalue weighted by atomic mass is 16.7. The Bertz CT molecular complexity index is 1110. The monoisotopic (exact) mass is 429 g/mol. The van der Waals surface area contributed by atoms with Crippen molar-refractivity contribution in [2.45, 2.75) is 31.1 Å². The molecule has 2 heterocycles. The predicted octanol–water partition coefficient (Wildman–Crippen LogP) is 4.44. The lowest BCUT2D eigenvalue weighted by Gasteiger charge is -2.33. The normalized spacial score (nSPS) is 18.9. The first-order chi connectivity index (χ1) is 15.6. The predicted molar refractivity (Wildman–Crippen MR) is 118 cm³/mol. The van der Waals surface area contributed by atoms with E-state index < -0.39 is 17.8 Å². The van der Waals surface area contributed by atoms with E-state index >= 15 is 0 Å². The van der Waals surface area contributed by atoms with Crippen LogP contribution in [0.2, 0.25) is 0 Å². The summed E-state index contributed by atoms with van der Waals surface area (Å²) in [6, 6.07) is 23.6. The van der Waals surface area contributed by atoms with Gasteiger partial charge in [-0.3, -0.25) is 4.79 Å². The van der Waals surface area contributed by atoms with Gasteiger partial charge in [-0.1, -0.05) is 60.7 Å². The topological polar surface area (TPSA) is 76.1 Å². The van der Waals surface area contributed by atoms with Gasteiger partial charge < -0.3 is 19.5 Å². The van der Waals surface area contributed by atoms with E-state index in [-0.39, 0.29) is 5.91 Å². The van der Waals surface area contributed by atoms with Crippen molar-refractivity contribution in [3.8, 4) is 11.5 Å². The third-order valence-corrected chi connectivity index (χ3v) is 6.05. The second kappa shape index (κ2) is 8.04. The molecule has 3 aromatic rings. The van der Waals surface area contributed by atoms with Gasteiger partial charge in [0, 0.05) is 23.2 Å². The van der Waals surface area contributed by atoms with E-state index in [2.05, 4.69) is 0 Å². The third kappa shape index (κ3) is 3.38. The average molecular weight is 429 g/mol. The Morgan fingerprint density at radius 3 is 2.09 bits per heavy atom. The number of carboxylic acids is 1. The summed E-state index contributed by atoms with van der Waals surface area (Å²) in [5, 5.41) is 9.54. The smallest absolute Gasteiger partial charge is 0.326 e. The number of likely N-dealkylation sites (tertiary alicyclic amines) is 1. The van der Waals surface area contributed by atoms with Gasteiger partial charge in [0.1, 0.15) is 6.04 Å². The number of aliphatic carboxylic acids is 1. The van der Waals surface area contributed by atoms with Crippen LogP contribution in [0, 0.1) is 0 Å². The maximum absolute atomic E-state index is 13.2. The van der Waals surface area contributed by atoms with E-state index in [9.17, 15) is 14.7 Å². The molecule has 0 radical (unpaired) electrons. The molecule has 0 spiro atoms. The summed E-state index contributed by atoms with van der Waals surface area (Å²) >= 11 is 0. The van der Waals surface area contributed by atoms with Crippen LogP contribution < -0.4 is 9.47 Å². The SMILES string of the molecule is O=C(O)C1CCCCN1C(=O)c1ccc2c(c1)OC(c1ccccc1)(c1ccccc1)O2. The molecule has 1 N–H and O–H groups in total. The number of carbonyl (C=O) groups excluding carboxylic acids is 1. The van der Waals surface area contributed by atoms with Gasteiger partial charge in [0.05, 0.1) is 0 Å². The van der Waals surface area contributed by atoms with Crippen LogP contribution >= 0.6 is 0 Å². The van der Waals surface area contributed by atoms with Crippen LogP contribution in [0.15, 0.2) is 78.9 Å². The molecule has 3 aromatic carbocycles. The molecule has 1 atom stereocenters. The number of hydrogen-bond donors (Lipinski definition) is 1. The number of hydrogen-bond acceptors (Lipinski definition) is 4. The van der Waals surface area contributed by atoms with Crippen LogP contribution in [0.4, 0.5) is 0 Å². The molecule has 1 amide bonds. The first-order valence-corrected chi connectivity index (χ1v) is 10.8. The van der Waals surface area contributed by atoms with Crippen LogP contribution in [0.25, 0.3) is 0 Å². The molecule has 2 aliphatic rings. The second-order valence-corrected chi connectivity index (χ2v) is 8.06. The fourth-order valence-corrected chi connectivity index (χ4v) is 4.45. The Balaban J connectivity index is 1.51. The van der Waals surface area contributed by atoms with Gasteiger partial charge in [0.2, 0.25) is 0 Å². The summed E-state index contributed by atoms with van der Waals surface area (Å²) in [5.74, 6) is -1.46. The number of ether oxygens (including phenoxy) is 2. The number of carboxylic acid groups (broad SMARTS) is 1. The zero-order chi connectivity index (χ0) is 22.1. The van der Waals surface area contributed by atoms with Crippen LogP contribution in [0.1, 0.15) is 40.7 Å². The van der Waals surface area contributed by atoms with Crippen LogP contribution in [0.5, 0.6) is 11.5 Å². The van der Waals surface area contributed by atoms with E-state index in [4.69, 9.17) is 9.47 Å². The number of benzene rings is 3. The van der Waals surface area contributed by atoms with Crippen molar-refractivity contribution in [1.29, 1.82) is 0 Å². The average Bonchev–Trinajstić information content (AvgIpc) is 3.25. The molecule has 1 fully saturated rings. The van der Waals surface area contributed by atoms with Gasteiger partial charge in [0.15, 0.2) is 11.5 Å². The molecule has 5 rings (SSSR count). The lowest BCUT2D eigenvalue weighted by atomic mass is 9.97. The van der Waals surface area contributed by atoms with Crippen molar-refractivity contribution in [1.82, 2.24) is 4.90 Å². The lowest BCUT2D eigenvalue weighted by molar-refractivity contribution is -0.143. The first kappa shape index (κ1) is 20.1. The van der Waals surface area contributed by atoms with Gasteiger partial charge in [-0.25, -0.2) is 4.79 Å². The second-order valence-electron chi connectivity index (χ2n) is 8.06. The molecular weight excluding hydrogens is 406 g/mol. The number of piperidine rings is 1. The molecule has 32 heavy (non-hydrogen) atoms. The fraction of sp³-hybridized carbons (Fsp3) is 0.231. The molecule has 1 unspecified atom stereocenters. The molecule has 6 nitrogen and oxygen atoms in total. The molecule has 0 bridgehead atoms. The number of carbonyl (C=O) groups is 2. The van der Waals surface area contributed by atoms with E-state index in [1.54, 1.807) is 18.2 Å². The zero-order valence-corrected chi connectivity index (χ0v) is 17.4. The summed E-state index contributed by atoms with van der Waals surface area (Å²) in [5.41, 5.74) is 2.05. The highest BCUT2D eigenvalue weighted by Crippen LogP contribution is 2.48. The van der Waals surface area contributed by atoms with Crippen LogP contribution in [-0.2, 0) is 10.6 Å². The summed E-state index contributed by atoms with van der Waals surface area (Å²) < 4.78 is 12.8. The molecule has 0 saturated carbocycles. The number of fused-ring (bicyclic) bond motifs is 1. The largest absolute Gasteiger partial charge is 0.480 e. The van der Waals surface area contributed by atoms with Crippen LogP contribution in [-0.4, -0.2) is 34.5 Å². The molecule has 6 heteroatoms. The Labute approximate surface area is 186 Å². The van der Waals surface area contributed by atoms with Gasteiger partial charge in [-0.2, -0.15) is 0 Å². The maximum atomic E-state index is 13.2. The van der Waals surface area contributed by atoms with Crippen molar-refractivity contribution < 1.29 is 24.2 Å². The van der Waals surface area contributed by atoms with Crippen molar-refractivity contribution >= 4 is 11.9 Å². The van der Waals surface area contributed by atoms with Crippen molar-refractivity contribution in [3.05, 3.63) is 95.6 Å². The molecule has 1 saturated heterocycles. The Kier molecular flexibility index (Phi) is 5.05. The Morgan fingerprint density at radius 2 is 1.47 bits per heavy atom. The van der Waals surface area contributed by atoms with Crippen molar-refractivity contribution in [3.63, 3.8) is 0 Å². The van der Waals surface area contributed by atoms with E-state index in [0.717, 1.165) is 24.0 Å². The molecule has 0 aromatic heterocycles. The minimum Gasteiger partial charge on any atom is -0.480 e. The minimum atomic E-state index is -1.17. The standard InChI is InChI=1S/C26H23NO5/c28-24(27-16-8-7-13-21(27)25(29)30)18-14-15-22-23(17-18)32-26(31-22,19-9-3-1-4-10-19)20-11-5-2-6-12-20/h1-6,9-12,14-15,17,21H,7-8,13,16H2,(H,29,30). The summed E-state index contributed by atoms with van der Waals surface area (Å²) in [6.45, 7) is 0.433. The van der Waals surface area contributed by atoms with E-state index in [1.165, 1.54) is 4.90 Å². The van der Waals surface area contributed by atoms with Gasteiger partial charge >= 0.3 is 11.8 Å². The quantitative estimate of drug-likeness (QED) is 0.664. The van der Waals surface area contributed by atoms with E-state index in [0.29, 0.717) is 30.0 Å². The number of nitrogens with zero attached hydrogens (tertiary/aromatic N) is 1. The fourth-order valence-electron chi connectivity index (χ4n) is 4.45. The summed E-state index contributed by atoms with van der Waals surface area (Å²) in [7, 11) is 0. The lowest BCUT2D eigenvalue weighted by Crippen LogP contribution is -2.47. The molecular formula is C26H23NO5. The van der Waals surface area contributed by atoms with Crippen molar-refractivity contribution in [2.75, 3.05) is 6.54 Å². The first-order valence-electron chi connectivity index (χ1n) is 10.8. The maximum Gasteiger partial charge on any atom is 0.326 e. The van der Waals surface area contributed by atoms with Gasteiger partial charge in [-0.05, 0) is 37.5 Å². The highest BCUT2D eigenvalue weighted by molar-refractivity contribution is 5.97. The number of amides is 1. The summed E-state index contributed by atoms with van der Waals surface area (Å²) in [6.07, 6.45) is 2.07.